The van der Waals surface area contributed by atoms with Crippen LogP contribution in [0, 0.1) is 5.82 Å². The van der Waals surface area contributed by atoms with Gasteiger partial charge in [-0.15, -0.1) is 0 Å². The molecular formula is C25H20FN3O4S. The number of anilines is 1. The first-order valence-electron chi connectivity index (χ1n) is 11.0. The summed E-state index contributed by atoms with van der Waals surface area (Å²) in [4.78, 5) is 33.8. The van der Waals surface area contributed by atoms with Crippen molar-refractivity contribution < 1.29 is 18.7 Å². The van der Waals surface area contributed by atoms with Gasteiger partial charge < -0.3 is 19.8 Å². The van der Waals surface area contributed by atoms with Crippen LogP contribution in [0.15, 0.2) is 63.7 Å². The average Bonchev–Trinajstić information content (AvgIpc) is 3.30. The van der Waals surface area contributed by atoms with E-state index in [-0.39, 0.29) is 24.0 Å². The number of rotatable bonds is 4. The molecule has 0 fully saturated rings. The van der Waals surface area contributed by atoms with Gasteiger partial charge in [0.05, 0.1) is 5.56 Å². The molecule has 34 heavy (non-hydrogen) atoms. The minimum absolute atomic E-state index is 0.0273. The Kier molecular flexibility index (Phi) is 5.13. The third-order valence-corrected chi connectivity index (χ3v) is 7.21. The van der Waals surface area contributed by atoms with Gasteiger partial charge in [0.25, 0.3) is 5.56 Å². The van der Waals surface area contributed by atoms with E-state index in [1.165, 1.54) is 17.8 Å². The van der Waals surface area contributed by atoms with Crippen LogP contribution in [0.4, 0.5) is 10.2 Å². The molecule has 0 bridgehead atoms. The number of allylic oxidation sites excluding steroid dienone is 2. The molecule has 1 aliphatic carbocycles. The van der Waals surface area contributed by atoms with Gasteiger partial charge in [0.1, 0.15) is 11.6 Å². The largest absolute Gasteiger partial charge is 0.454 e. The minimum atomic E-state index is -0.560. The number of carbonyl (C=O) groups excluding carboxylic acids is 1. The molecule has 2 N–H and O–H groups in total. The van der Waals surface area contributed by atoms with Crippen molar-refractivity contribution in [2.75, 3.05) is 12.1 Å². The lowest BCUT2D eigenvalue weighted by atomic mass is 9.76. The summed E-state index contributed by atoms with van der Waals surface area (Å²) in [5.74, 6) is 1.14. The quantitative estimate of drug-likeness (QED) is 0.422. The van der Waals surface area contributed by atoms with Gasteiger partial charge in [-0.3, -0.25) is 9.59 Å². The van der Waals surface area contributed by atoms with Crippen LogP contribution in [0.3, 0.4) is 0 Å². The number of hydrogen-bond donors (Lipinski definition) is 2. The Balaban J connectivity index is 1.42. The highest BCUT2D eigenvalue weighted by molar-refractivity contribution is 7.98. The lowest BCUT2D eigenvalue weighted by Crippen LogP contribution is -2.32. The number of ketones is 1. The number of aromatic amines is 1. The fourth-order valence-electron chi connectivity index (χ4n) is 4.70. The number of ether oxygens (including phenoxy) is 2. The molecule has 0 unspecified atom stereocenters. The van der Waals surface area contributed by atoms with E-state index in [1.54, 1.807) is 24.3 Å². The van der Waals surface area contributed by atoms with Crippen LogP contribution in [-0.4, -0.2) is 22.5 Å². The molecule has 0 saturated heterocycles. The van der Waals surface area contributed by atoms with Crippen molar-refractivity contribution in [2.24, 2.45) is 0 Å². The Morgan fingerprint density at radius 2 is 1.94 bits per heavy atom. The fraction of sp³-hybridized carbons (Fsp3) is 0.240. The molecule has 2 aromatic carbocycles. The molecule has 9 heteroatoms. The van der Waals surface area contributed by atoms with E-state index >= 15 is 0 Å². The zero-order chi connectivity index (χ0) is 23.2. The second-order valence-electron chi connectivity index (χ2n) is 8.35. The highest BCUT2D eigenvalue weighted by atomic mass is 32.2. The molecule has 7 nitrogen and oxygen atoms in total. The summed E-state index contributed by atoms with van der Waals surface area (Å²) in [6.45, 7) is 0.138. The number of Topliss-reactive ketones (excluding diaryl/α,β-unsaturated/α-hetero) is 1. The predicted octanol–water partition coefficient (Wildman–Crippen LogP) is 4.49. The number of H-pyrrole nitrogens is 1. The van der Waals surface area contributed by atoms with Crippen molar-refractivity contribution in [1.29, 1.82) is 0 Å². The maximum absolute atomic E-state index is 14.0. The molecule has 3 aliphatic rings. The molecule has 0 saturated carbocycles. The second kappa shape index (κ2) is 8.32. The first-order valence-corrected chi connectivity index (χ1v) is 12.0. The minimum Gasteiger partial charge on any atom is -0.454 e. The first-order chi connectivity index (χ1) is 16.6. The normalized spacial score (nSPS) is 18.4. The van der Waals surface area contributed by atoms with E-state index < -0.39 is 5.92 Å². The molecule has 172 valence electrons. The number of carbonyl (C=O) groups is 1. The molecule has 1 aromatic heterocycles. The Morgan fingerprint density at radius 3 is 2.82 bits per heavy atom. The van der Waals surface area contributed by atoms with E-state index in [1.807, 2.05) is 12.1 Å². The zero-order valence-electron chi connectivity index (χ0n) is 18.0. The SMILES string of the molecule is O=C1CCCC2=C1[C@@H](c1ccc3c(c1)OCO3)c1c(nc(SCc3ccccc3F)[nH]c1=O)N2. The molecule has 0 spiro atoms. The summed E-state index contributed by atoms with van der Waals surface area (Å²) in [6.07, 6.45) is 1.89. The summed E-state index contributed by atoms with van der Waals surface area (Å²) in [6, 6.07) is 12.0. The molecule has 3 heterocycles. The number of benzene rings is 2. The number of aromatic nitrogens is 2. The maximum atomic E-state index is 14.0. The summed E-state index contributed by atoms with van der Waals surface area (Å²) in [5, 5.41) is 3.64. The van der Waals surface area contributed by atoms with Crippen LogP contribution in [-0.2, 0) is 10.5 Å². The number of hydrogen-bond acceptors (Lipinski definition) is 7. The summed E-state index contributed by atoms with van der Waals surface area (Å²) in [5.41, 5.74) is 2.77. The van der Waals surface area contributed by atoms with Gasteiger partial charge in [-0.05, 0) is 42.2 Å². The van der Waals surface area contributed by atoms with Crippen LogP contribution in [0.25, 0.3) is 0 Å². The van der Waals surface area contributed by atoms with E-state index in [0.717, 1.165) is 17.7 Å². The standard InChI is InChI=1S/C25H20FN3O4S/c26-15-5-2-1-4-14(15)11-34-25-28-23-22(24(31)29-25)20(21-16(27-23)6-3-7-17(21)30)13-8-9-18-19(10-13)33-12-32-18/h1-2,4-5,8-10,20H,3,6-7,11-12H2,(H2,27,28,29,31)/t20-/m1/s1. The Hall–Kier alpha value is -3.59. The lowest BCUT2D eigenvalue weighted by molar-refractivity contribution is -0.116. The third-order valence-electron chi connectivity index (χ3n) is 6.29. The van der Waals surface area contributed by atoms with Crippen LogP contribution in [0.1, 0.15) is 41.9 Å². The topological polar surface area (TPSA) is 93.3 Å². The van der Waals surface area contributed by atoms with E-state index in [4.69, 9.17) is 9.47 Å². The van der Waals surface area contributed by atoms with Crippen LogP contribution >= 0.6 is 11.8 Å². The molecule has 1 atom stereocenters. The number of nitrogens with zero attached hydrogens (tertiary/aromatic N) is 1. The molecule has 2 aliphatic heterocycles. The Bertz CT molecular complexity index is 1420. The molecular weight excluding hydrogens is 457 g/mol. The summed E-state index contributed by atoms with van der Waals surface area (Å²) >= 11 is 1.25. The molecule has 6 rings (SSSR count). The van der Waals surface area contributed by atoms with Crippen molar-refractivity contribution in [3.63, 3.8) is 0 Å². The van der Waals surface area contributed by atoms with Crippen molar-refractivity contribution in [1.82, 2.24) is 9.97 Å². The predicted molar refractivity (Wildman–Crippen MR) is 125 cm³/mol. The van der Waals surface area contributed by atoms with E-state index in [9.17, 15) is 14.0 Å². The van der Waals surface area contributed by atoms with E-state index in [0.29, 0.717) is 57.8 Å². The fourth-order valence-corrected chi connectivity index (χ4v) is 5.54. The van der Waals surface area contributed by atoms with E-state index in [2.05, 4.69) is 15.3 Å². The van der Waals surface area contributed by atoms with Crippen LogP contribution in [0.5, 0.6) is 11.5 Å². The average molecular weight is 478 g/mol. The Morgan fingerprint density at radius 1 is 1.09 bits per heavy atom. The van der Waals surface area contributed by atoms with Gasteiger partial charge in [-0.1, -0.05) is 36.0 Å². The molecule has 0 amide bonds. The monoisotopic (exact) mass is 477 g/mol. The third kappa shape index (κ3) is 3.56. The first kappa shape index (κ1) is 21.0. The van der Waals surface area contributed by atoms with Crippen molar-refractivity contribution in [3.05, 3.63) is 86.6 Å². The van der Waals surface area contributed by atoms with Gasteiger partial charge in [0.2, 0.25) is 6.79 Å². The van der Waals surface area contributed by atoms with Gasteiger partial charge in [0.15, 0.2) is 22.4 Å². The van der Waals surface area contributed by atoms with Gasteiger partial charge in [-0.2, -0.15) is 0 Å². The van der Waals surface area contributed by atoms with Crippen LogP contribution in [0.2, 0.25) is 0 Å². The lowest BCUT2D eigenvalue weighted by Gasteiger charge is -2.32. The number of thioether (sulfide) groups is 1. The highest BCUT2D eigenvalue weighted by Crippen LogP contribution is 2.45. The van der Waals surface area contributed by atoms with Crippen LogP contribution < -0.4 is 20.3 Å². The van der Waals surface area contributed by atoms with Gasteiger partial charge in [0, 0.05) is 29.4 Å². The van der Waals surface area contributed by atoms with Gasteiger partial charge in [-0.25, -0.2) is 9.37 Å². The van der Waals surface area contributed by atoms with Crippen molar-refractivity contribution >= 4 is 23.4 Å². The second-order valence-corrected chi connectivity index (χ2v) is 9.32. The number of nitrogens with one attached hydrogen (secondary N) is 2. The number of halogens is 1. The summed E-state index contributed by atoms with van der Waals surface area (Å²) in [7, 11) is 0. The molecule has 3 aromatic rings. The van der Waals surface area contributed by atoms with Crippen molar-refractivity contribution in [3.8, 4) is 11.5 Å². The molecule has 0 radical (unpaired) electrons. The summed E-state index contributed by atoms with van der Waals surface area (Å²) < 4.78 is 25.0. The highest BCUT2D eigenvalue weighted by Gasteiger charge is 2.38. The van der Waals surface area contributed by atoms with Gasteiger partial charge >= 0.3 is 0 Å². The zero-order valence-corrected chi connectivity index (χ0v) is 18.8. The smallest absolute Gasteiger partial charge is 0.257 e. The Labute approximate surface area is 198 Å². The number of fused-ring (bicyclic) bond motifs is 2. The van der Waals surface area contributed by atoms with Crippen molar-refractivity contribution in [2.45, 2.75) is 36.1 Å². The maximum Gasteiger partial charge on any atom is 0.257 e.